The molecule has 0 radical (unpaired) electrons. The molecule has 1 atom stereocenters. The molecule has 0 aliphatic carbocycles. The zero-order valence-electron chi connectivity index (χ0n) is 17.5. The Balaban J connectivity index is 1.79. The van der Waals surface area contributed by atoms with Gasteiger partial charge in [-0.25, -0.2) is 0 Å². The Kier molecular flexibility index (Phi) is 7.07. The largest absolute Gasteiger partial charge is 0.345 e. The number of amides is 1. The molecule has 150 valence electrons. The first-order chi connectivity index (χ1) is 14.0. The molecular weight excluding hydrogens is 356 g/mol. The van der Waals surface area contributed by atoms with Crippen molar-refractivity contribution in [2.75, 3.05) is 0 Å². The highest BCUT2D eigenvalue weighted by Gasteiger charge is 2.22. The lowest BCUT2D eigenvalue weighted by molar-refractivity contribution is -0.129. The molecule has 0 saturated carbocycles. The van der Waals surface area contributed by atoms with Gasteiger partial charge in [0.2, 0.25) is 5.91 Å². The summed E-state index contributed by atoms with van der Waals surface area (Å²) in [5.41, 5.74) is 3.43. The van der Waals surface area contributed by atoms with Crippen molar-refractivity contribution in [1.29, 1.82) is 0 Å². The predicted molar refractivity (Wildman–Crippen MR) is 120 cm³/mol. The molecule has 0 aliphatic heterocycles. The van der Waals surface area contributed by atoms with E-state index in [4.69, 9.17) is 0 Å². The maximum atomic E-state index is 13.1. The van der Waals surface area contributed by atoms with Crippen molar-refractivity contribution in [3.05, 3.63) is 102 Å². The van der Waals surface area contributed by atoms with Crippen molar-refractivity contribution >= 4 is 12.0 Å². The van der Waals surface area contributed by atoms with Crippen LogP contribution < -0.4 is 0 Å². The summed E-state index contributed by atoms with van der Waals surface area (Å²) in [6, 6.07) is 24.7. The smallest absolute Gasteiger partial charge is 0.247 e. The fourth-order valence-electron chi connectivity index (χ4n) is 3.31. The first kappa shape index (κ1) is 20.7. The number of aromatic nitrogens is 1. The Morgan fingerprint density at radius 3 is 2.24 bits per heavy atom. The second kappa shape index (κ2) is 9.92. The van der Waals surface area contributed by atoms with Gasteiger partial charge in [-0.15, -0.1) is 0 Å². The second-order valence-electron chi connectivity index (χ2n) is 7.81. The summed E-state index contributed by atoms with van der Waals surface area (Å²) in [6.07, 6.45) is 5.68. The summed E-state index contributed by atoms with van der Waals surface area (Å²) in [4.78, 5) is 15.1. The molecule has 3 aromatic rings. The molecule has 2 aromatic carbocycles. The zero-order chi connectivity index (χ0) is 20.6. The van der Waals surface area contributed by atoms with Gasteiger partial charge in [-0.3, -0.25) is 4.79 Å². The molecule has 1 amide bonds. The van der Waals surface area contributed by atoms with E-state index in [1.54, 1.807) is 6.08 Å². The van der Waals surface area contributed by atoms with Crippen LogP contribution in [0.2, 0.25) is 0 Å². The van der Waals surface area contributed by atoms with E-state index in [9.17, 15) is 4.79 Å². The summed E-state index contributed by atoms with van der Waals surface area (Å²) in [6.45, 7) is 7.85. The van der Waals surface area contributed by atoms with E-state index in [1.807, 2.05) is 47.4 Å². The van der Waals surface area contributed by atoms with Gasteiger partial charge in [0.05, 0.1) is 6.54 Å². The quantitative estimate of drug-likeness (QED) is 0.461. The molecule has 3 rings (SSSR count). The zero-order valence-corrected chi connectivity index (χ0v) is 17.5. The number of hydrogen-bond donors (Lipinski definition) is 0. The molecule has 1 aromatic heterocycles. The van der Waals surface area contributed by atoms with E-state index in [-0.39, 0.29) is 11.9 Å². The molecule has 3 nitrogen and oxygen atoms in total. The Hall–Kier alpha value is -3.07. The molecule has 0 fully saturated rings. The first-order valence-corrected chi connectivity index (χ1v) is 10.3. The minimum Gasteiger partial charge on any atom is -0.345 e. The van der Waals surface area contributed by atoms with Gasteiger partial charge in [0.1, 0.15) is 0 Å². The monoisotopic (exact) mass is 386 g/mol. The molecule has 0 bridgehead atoms. The average molecular weight is 387 g/mol. The molecule has 3 heteroatoms. The molecule has 0 aliphatic rings. The molecule has 0 saturated heterocycles. The molecule has 1 heterocycles. The fourth-order valence-corrected chi connectivity index (χ4v) is 3.31. The van der Waals surface area contributed by atoms with Crippen molar-refractivity contribution in [3.8, 4) is 0 Å². The van der Waals surface area contributed by atoms with Crippen LogP contribution in [0.25, 0.3) is 6.08 Å². The van der Waals surface area contributed by atoms with E-state index in [0.29, 0.717) is 12.5 Å². The average Bonchev–Trinajstić information content (AvgIpc) is 3.17. The molecule has 29 heavy (non-hydrogen) atoms. The minimum atomic E-state index is 0.0440. The maximum Gasteiger partial charge on any atom is 0.247 e. The Morgan fingerprint density at radius 1 is 0.931 bits per heavy atom. The molecule has 0 unspecified atom stereocenters. The van der Waals surface area contributed by atoms with E-state index in [0.717, 1.165) is 17.8 Å². The van der Waals surface area contributed by atoms with Gasteiger partial charge in [0, 0.05) is 30.6 Å². The normalized spacial score (nSPS) is 12.4. The van der Waals surface area contributed by atoms with Crippen LogP contribution in [0.15, 0.2) is 85.1 Å². The Bertz CT molecular complexity index is 926. The van der Waals surface area contributed by atoms with Gasteiger partial charge >= 0.3 is 0 Å². The van der Waals surface area contributed by atoms with Gasteiger partial charge in [0.15, 0.2) is 0 Å². The second-order valence-corrected chi connectivity index (χ2v) is 7.81. The van der Waals surface area contributed by atoms with Crippen LogP contribution in [0.4, 0.5) is 0 Å². The predicted octanol–water partition coefficient (Wildman–Crippen LogP) is 5.62. The fraction of sp³-hybridized carbons (Fsp3) is 0.269. The standard InChI is InChI=1S/C26H30N2O/c1-21(2)22(3)28(26(29)17-16-23-11-6-4-7-12-23)20-25-15-10-18-27(25)19-24-13-8-5-9-14-24/h4-18,21-22H,19-20H2,1-3H3/b17-16+/t22-/m0/s1. The first-order valence-electron chi connectivity index (χ1n) is 10.3. The number of rotatable bonds is 8. The van der Waals surface area contributed by atoms with Gasteiger partial charge in [-0.05, 0) is 42.2 Å². The number of carbonyl (C=O) groups is 1. The lowest BCUT2D eigenvalue weighted by Crippen LogP contribution is -2.40. The highest BCUT2D eigenvalue weighted by molar-refractivity contribution is 5.92. The van der Waals surface area contributed by atoms with Gasteiger partial charge < -0.3 is 9.47 Å². The summed E-state index contributed by atoms with van der Waals surface area (Å²) < 4.78 is 2.23. The topological polar surface area (TPSA) is 25.2 Å². The SMILES string of the molecule is CC(C)[C@H](C)N(Cc1cccn1Cc1ccccc1)C(=O)/C=C/c1ccccc1. The maximum absolute atomic E-state index is 13.1. The van der Waals surface area contributed by atoms with Gasteiger partial charge in [0.25, 0.3) is 0 Å². The summed E-state index contributed by atoms with van der Waals surface area (Å²) in [7, 11) is 0. The van der Waals surface area contributed by atoms with Crippen LogP contribution in [0.3, 0.4) is 0 Å². The van der Waals surface area contributed by atoms with E-state index in [2.05, 4.69) is 67.9 Å². The third-order valence-electron chi connectivity index (χ3n) is 5.41. The number of nitrogens with zero attached hydrogens (tertiary/aromatic N) is 2. The molecular formula is C26H30N2O. The highest BCUT2D eigenvalue weighted by atomic mass is 16.2. The van der Waals surface area contributed by atoms with E-state index in [1.165, 1.54) is 5.56 Å². The van der Waals surface area contributed by atoms with E-state index >= 15 is 0 Å². The van der Waals surface area contributed by atoms with Crippen molar-refractivity contribution in [3.63, 3.8) is 0 Å². The summed E-state index contributed by atoms with van der Waals surface area (Å²) >= 11 is 0. The van der Waals surface area contributed by atoms with Gasteiger partial charge in [-0.2, -0.15) is 0 Å². The van der Waals surface area contributed by atoms with Crippen LogP contribution in [0.5, 0.6) is 0 Å². The Labute approximate surface area is 174 Å². The van der Waals surface area contributed by atoms with Crippen molar-refractivity contribution in [1.82, 2.24) is 9.47 Å². The van der Waals surface area contributed by atoms with Crippen LogP contribution in [-0.4, -0.2) is 21.4 Å². The highest BCUT2D eigenvalue weighted by Crippen LogP contribution is 2.17. The lowest BCUT2D eigenvalue weighted by atomic mass is 10.0. The third-order valence-corrected chi connectivity index (χ3v) is 5.41. The number of benzene rings is 2. The molecule has 0 N–H and O–H groups in total. The third kappa shape index (κ3) is 5.71. The van der Waals surface area contributed by atoms with Crippen LogP contribution in [0.1, 0.15) is 37.6 Å². The van der Waals surface area contributed by atoms with Crippen LogP contribution in [-0.2, 0) is 17.9 Å². The molecule has 0 spiro atoms. The number of carbonyl (C=O) groups excluding carboxylic acids is 1. The number of hydrogen-bond acceptors (Lipinski definition) is 1. The Morgan fingerprint density at radius 2 is 1.59 bits per heavy atom. The summed E-state index contributed by atoms with van der Waals surface area (Å²) in [5, 5.41) is 0. The minimum absolute atomic E-state index is 0.0440. The van der Waals surface area contributed by atoms with E-state index < -0.39 is 0 Å². The van der Waals surface area contributed by atoms with Gasteiger partial charge in [-0.1, -0.05) is 74.5 Å². The van der Waals surface area contributed by atoms with Crippen LogP contribution >= 0.6 is 0 Å². The summed E-state index contributed by atoms with van der Waals surface area (Å²) in [5.74, 6) is 0.420. The van der Waals surface area contributed by atoms with Crippen LogP contribution in [0, 0.1) is 5.92 Å². The lowest BCUT2D eigenvalue weighted by Gasteiger charge is -2.31. The van der Waals surface area contributed by atoms with Crippen molar-refractivity contribution in [2.24, 2.45) is 5.92 Å². The van der Waals surface area contributed by atoms with Crippen molar-refractivity contribution in [2.45, 2.75) is 39.9 Å². The van der Waals surface area contributed by atoms with Crippen molar-refractivity contribution < 1.29 is 4.79 Å².